The third kappa shape index (κ3) is 5.16. The first-order valence-electron chi connectivity index (χ1n) is 12.7. The standard InChI is InChI=1S/C27H32F2N6O2/c1-33-14-4-3-7-18(33)12-13-30-26-31-16-24-25(32-26)35(19-8-5-9-20(15-19)37-2)27(36)34(24)17-21-22(28)10-6-11-23(21)29/h5-6,9-11,15-16,18-19H,3-4,7-8,12-14,17H2,1-2H3,(H,30,31,32). The maximum Gasteiger partial charge on any atom is 0.331 e. The minimum absolute atomic E-state index is 0.181. The summed E-state index contributed by atoms with van der Waals surface area (Å²) >= 11 is 0. The first-order chi connectivity index (χ1) is 18.0. The molecule has 1 N–H and O–H groups in total. The van der Waals surface area contributed by atoms with Gasteiger partial charge in [0.2, 0.25) is 5.95 Å². The third-order valence-corrected chi connectivity index (χ3v) is 7.35. The van der Waals surface area contributed by atoms with Crippen LogP contribution in [0.15, 0.2) is 53.2 Å². The van der Waals surface area contributed by atoms with Crippen molar-refractivity contribution in [3.05, 3.63) is 76.1 Å². The highest BCUT2D eigenvalue weighted by atomic mass is 19.1. The quantitative estimate of drug-likeness (QED) is 0.489. The smallest absolute Gasteiger partial charge is 0.331 e. The van der Waals surface area contributed by atoms with Crippen LogP contribution in [0.5, 0.6) is 0 Å². The first kappa shape index (κ1) is 25.1. The van der Waals surface area contributed by atoms with E-state index >= 15 is 0 Å². The van der Waals surface area contributed by atoms with E-state index in [0.717, 1.165) is 13.0 Å². The van der Waals surface area contributed by atoms with Gasteiger partial charge in [0.05, 0.1) is 25.9 Å². The summed E-state index contributed by atoms with van der Waals surface area (Å²) < 4.78 is 37.2. The normalized spacial score (nSPS) is 20.3. The molecule has 0 saturated carbocycles. The van der Waals surface area contributed by atoms with Crippen LogP contribution in [0.3, 0.4) is 0 Å². The van der Waals surface area contributed by atoms with Crippen molar-refractivity contribution in [2.75, 3.05) is 32.6 Å². The average Bonchev–Trinajstić information content (AvgIpc) is 3.17. The SMILES string of the molecule is COC1=CC(n2c(=O)n(Cc3c(F)cccc3F)c3cnc(NCCC4CCCCN4C)nc32)CC=C1. The lowest BCUT2D eigenvalue weighted by atomic mass is 10.0. The second-order valence-corrected chi connectivity index (χ2v) is 9.67. The summed E-state index contributed by atoms with van der Waals surface area (Å²) in [6.45, 7) is 1.54. The van der Waals surface area contributed by atoms with Gasteiger partial charge in [-0.2, -0.15) is 4.98 Å². The number of fused-ring (bicyclic) bond motifs is 1. The molecule has 3 aromatic rings. The number of allylic oxidation sites excluding steroid dienone is 3. The number of hydrogen-bond donors (Lipinski definition) is 1. The predicted octanol–water partition coefficient (Wildman–Crippen LogP) is 4.24. The van der Waals surface area contributed by atoms with Gasteiger partial charge in [0.25, 0.3) is 0 Å². The molecular weight excluding hydrogens is 478 g/mol. The highest BCUT2D eigenvalue weighted by Gasteiger charge is 2.24. The molecule has 10 heteroatoms. The lowest BCUT2D eigenvalue weighted by Crippen LogP contribution is -2.37. The van der Waals surface area contributed by atoms with Gasteiger partial charge in [-0.3, -0.25) is 9.13 Å². The number of imidazole rings is 1. The van der Waals surface area contributed by atoms with Crippen LogP contribution < -0.4 is 11.0 Å². The van der Waals surface area contributed by atoms with Crippen molar-refractivity contribution >= 4 is 17.1 Å². The van der Waals surface area contributed by atoms with Crippen molar-refractivity contribution in [2.45, 2.75) is 50.7 Å². The van der Waals surface area contributed by atoms with E-state index in [2.05, 4.69) is 22.2 Å². The summed E-state index contributed by atoms with van der Waals surface area (Å²) in [5.74, 6) is -0.367. The minimum atomic E-state index is -0.707. The van der Waals surface area contributed by atoms with Crippen molar-refractivity contribution in [1.82, 2.24) is 24.0 Å². The minimum Gasteiger partial charge on any atom is -0.497 e. The van der Waals surface area contributed by atoms with E-state index in [9.17, 15) is 13.6 Å². The molecule has 1 aromatic carbocycles. The monoisotopic (exact) mass is 510 g/mol. The Labute approximate surface area is 214 Å². The molecule has 1 aliphatic carbocycles. The highest BCUT2D eigenvalue weighted by Crippen LogP contribution is 2.26. The fourth-order valence-corrected chi connectivity index (χ4v) is 5.25. The number of nitrogens with zero attached hydrogens (tertiary/aromatic N) is 5. The molecule has 2 aliphatic rings. The molecule has 0 amide bonds. The fourth-order valence-electron chi connectivity index (χ4n) is 5.25. The molecule has 2 aromatic heterocycles. The summed E-state index contributed by atoms with van der Waals surface area (Å²) in [4.78, 5) is 25.2. The first-order valence-corrected chi connectivity index (χ1v) is 12.7. The molecular formula is C27H32F2N6O2. The summed E-state index contributed by atoms with van der Waals surface area (Å²) in [7, 11) is 3.73. The predicted molar refractivity (Wildman–Crippen MR) is 139 cm³/mol. The fraction of sp³-hybridized carbons (Fsp3) is 0.444. The largest absolute Gasteiger partial charge is 0.497 e. The molecule has 5 rings (SSSR count). The van der Waals surface area contributed by atoms with Crippen molar-refractivity contribution in [3.8, 4) is 0 Å². The van der Waals surface area contributed by atoms with Crippen LogP contribution in [0, 0.1) is 11.6 Å². The van der Waals surface area contributed by atoms with Crippen molar-refractivity contribution < 1.29 is 13.5 Å². The molecule has 1 saturated heterocycles. The number of hydrogen-bond acceptors (Lipinski definition) is 6. The number of benzene rings is 1. The highest BCUT2D eigenvalue weighted by molar-refractivity contribution is 5.72. The molecule has 1 fully saturated rings. The number of piperidine rings is 1. The molecule has 8 nitrogen and oxygen atoms in total. The van der Waals surface area contributed by atoms with Crippen LogP contribution in [0.2, 0.25) is 0 Å². The summed E-state index contributed by atoms with van der Waals surface area (Å²) in [5, 5.41) is 3.30. The number of likely N-dealkylation sites (tertiary alicyclic amines) is 1. The number of nitrogens with one attached hydrogen (secondary N) is 1. The Morgan fingerprint density at radius 3 is 2.78 bits per heavy atom. The van der Waals surface area contributed by atoms with Gasteiger partial charge in [-0.1, -0.05) is 18.6 Å². The number of anilines is 1. The molecule has 1 aliphatic heterocycles. The van der Waals surface area contributed by atoms with E-state index in [1.54, 1.807) is 17.9 Å². The Kier molecular flexibility index (Phi) is 7.36. The molecule has 0 bridgehead atoms. The van der Waals surface area contributed by atoms with Crippen LogP contribution in [0.4, 0.5) is 14.7 Å². The Morgan fingerprint density at radius 1 is 1.22 bits per heavy atom. The van der Waals surface area contributed by atoms with Gasteiger partial charge >= 0.3 is 5.69 Å². The zero-order valence-electron chi connectivity index (χ0n) is 21.2. The maximum absolute atomic E-state index is 14.5. The van der Waals surface area contributed by atoms with Crippen molar-refractivity contribution in [3.63, 3.8) is 0 Å². The summed E-state index contributed by atoms with van der Waals surface area (Å²) in [6.07, 6.45) is 12.4. The van der Waals surface area contributed by atoms with Gasteiger partial charge < -0.3 is 15.0 Å². The second-order valence-electron chi connectivity index (χ2n) is 9.67. The van der Waals surface area contributed by atoms with E-state index in [0.29, 0.717) is 41.9 Å². The number of methoxy groups -OCH3 is 1. The van der Waals surface area contributed by atoms with E-state index in [1.807, 2.05) is 18.2 Å². The molecule has 196 valence electrons. The summed E-state index contributed by atoms with van der Waals surface area (Å²) in [6, 6.07) is 3.83. The van der Waals surface area contributed by atoms with Crippen LogP contribution in [-0.2, 0) is 11.3 Å². The maximum atomic E-state index is 14.5. The Balaban J connectivity index is 1.50. The van der Waals surface area contributed by atoms with E-state index in [-0.39, 0.29) is 18.2 Å². The van der Waals surface area contributed by atoms with Gasteiger partial charge in [-0.25, -0.2) is 18.6 Å². The number of aromatic nitrogens is 4. The van der Waals surface area contributed by atoms with Crippen molar-refractivity contribution in [2.24, 2.45) is 0 Å². The van der Waals surface area contributed by atoms with E-state index in [1.165, 1.54) is 42.0 Å². The number of ether oxygens (including phenoxy) is 1. The lowest BCUT2D eigenvalue weighted by Gasteiger charge is -2.32. The molecule has 3 heterocycles. The zero-order valence-corrected chi connectivity index (χ0v) is 21.2. The molecule has 0 spiro atoms. The van der Waals surface area contributed by atoms with Crippen LogP contribution in [0.1, 0.15) is 43.7 Å². The zero-order chi connectivity index (χ0) is 25.9. The average molecular weight is 511 g/mol. The van der Waals surface area contributed by atoms with Crippen LogP contribution >= 0.6 is 0 Å². The Morgan fingerprint density at radius 2 is 2.03 bits per heavy atom. The summed E-state index contributed by atoms with van der Waals surface area (Å²) in [5.41, 5.74) is 0.215. The van der Waals surface area contributed by atoms with E-state index in [4.69, 9.17) is 9.72 Å². The Hall–Kier alpha value is -3.53. The third-order valence-electron chi connectivity index (χ3n) is 7.35. The molecule has 2 unspecified atom stereocenters. The Bertz CT molecular complexity index is 1380. The number of halogens is 2. The topological polar surface area (TPSA) is 77.2 Å². The van der Waals surface area contributed by atoms with Gasteiger partial charge in [0, 0.05) is 18.2 Å². The number of rotatable bonds is 8. The molecule has 2 atom stereocenters. The van der Waals surface area contributed by atoms with Gasteiger partial charge in [0.1, 0.15) is 22.9 Å². The van der Waals surface area contributed by atoms with Gasteiger partial charge in [-0.15, -0.1) is 0 Å². The molecule has 37 heavy (non-hydrogen) atoms. The van der Waals surface area contributed by atoms with Crippen LogP contribution in [0.25, 0.3) is 11.2 Å². The molecule has 0 radical (unpaired) electrons. The van der Waals surface area contributed by atoms with Gasteiger partial charge in [-0.05, 0) is 63.6 Å². The lowest BCUT2D eigenvalue weighted by molar-refractivity contribution is 0.179. The second kappa shape index (κ2) is 10.8. The van der Waals surface area contributed by atoms with Crippen LogP contribution in [-0.4, -0.2) is 57.3 Å². The van der Waals surface area contributed by atoms with Crippen molar-refractivity contribution in [1.29, 1.82) is 0 Å². The van der Waals surface area contributed by atoms with Gasteiger partial charge in [0.15, 0.2) is 5.65 Å². The van der Waals surface area contributed by atoms with E-state index < -0.39 is 17.3 Å².